The monoisotopic (exact) mass is 480 g/mol. The zero-order chi connectivity index (χ0) is 19.8. The Morgan fingerprint density at radius 1 is 0.926 bits per heavy atom. The van der Waals surface area contributed by atoms with Crippen LogP contribution >= 0.6 is 0 Å². The predicted octanol–water partition coefficient (Wildman–Crippen LogP) is 7.45. The second kappa shape index (κ2) is 15.2. The third-order valence-corrected chi connectivity index (χ3v) is 19.6. The molecule has 152 valence electrons. The van der Waals surface area contributed by atoms with E-state index in [2.05, 4.69) is 30.9 Å². The minimum atomic E-state index is -2.19. The van der Waals surface area contributed by atoms with Gasteiger partial charge >= 0.3 is 172 Å². The molecule has 0 aliphatic rings. The van der Waals surface area contributed by atoms with Crippen LogP contribution < -0.4 is 0 Å². The normalized spacial score (nSPS) is 11.8. The van der Waals surface area contributed by atoms with Crippen LogP contribution in [0.2, 0.25) is 13.3 Å². The van der Waals surface area contributed by atoms with Gasteiger partial charge in [-0.1, -0.05) is 0 Å². The number of esters is 1. The van der Waals surface area contributed by atoms with Gasteiger partial charge in [0.25, 0.3) is 0 Å². The van der Waals surface area contributed by atoms with Crippen LogP contribution in [0.25, 0.3) is 0 Å². The molecule has 0 atom stereocenters. The molecule has 0 saturated carbocycles. The molecule has 0 aromatic heterocycles. The molecule has 1 aromatic carbocycles. The van der Waals surface area contributed by atoms with Gasteiger partial charge in [0.1, 0.15) is 0 Å². The van der Waals surface area contributed by atoms with Gasteiger partial charge in [-0.15, -0.1) is 0 Å². The second-order valence-electron chi connectivity index (χ2n) is 7.76. The van der Waals surface area contributed by atoms with E-state index in [1.54, 1.807) is 0 Å². The molecule has 2 nitrogen and oxygen atoms in total. The Morgan fingerprint density at radius 2 is 1.48 bits per heavy atom. The van der Waals surface area contributed by atoms with Crippen molar-refractivity contribution in [1.29, 1.82) is 0 Å². The molecule has 1 rings (SSSR count). The number of allylic oxidation sites excluding steroid dienone is 1. The van der Waals surface area contributed by atoms with Crippen molar-refractivity contribution in [2.24, 2.45) is 0 Å². The Kier molecular flexibility index (Phi) is 13.6. The molecule has 27 heavy (non-hydrogen) atoms. The van der Waals surface area contributed by atoms with Crippen LogP contribution in [-0.4, -0.2) is 24.3 Å². The summed E-state index contributed by atoms with van der Waals surface area (Å²) >= 11 is -2.19. The Balaban J connectivity index is 2.51. The number of hydrogen-bond acceptors (Lipinski definition) is 2. The first-order chi connectivity index (χ1) is 13.2. The summed E-state index contributed by atoms with van der Waals surface area (Å²) in [4.78, 5) is 12.0. The number of hydrogen-bond donors (Lipinski definition) is 0. The molecule has 0 aliphatic carbocycles. The van der Waals surface area contributed by atoms with E-state index in [4.69, 9.17) is 4.74 Å². The van der Waals surface area contributed by atoms with Gasteiger partial charge in [0.15, 0.2) is 0 Å². The Labute approximate surface area is 171 Å². The van der Waals surface area contributed by atoms with Crippen molar-refractivity contribution in [3.05, 3.63) is 46.1 Å². The minimum absolute atomic E-state index is 0.0834. The zero-order valence-electron chi connectivity index (χ0n) is 17.8. The Hall–Kier alpha value is -0.771. The molecule has 0 amide bonds. The van der Waals surface area contributed by atoms with Crippen LogP contribution in [0.1, 0.15) is 77.7 Å². The van der Waals surface area contributed by atoms with Gasteiger partial charge in [0.2, 0.25) is 0 Å². The summed E-state index contributed by atoms with van der Waals surface area (Å²) in [5.74, 6) is -0.0834. The fourth-order valence-electron chi connectivity index (χ4n) is 3.56. The molecule has 0 bridgehead atoms. The van der Waals surface area contributed by atoms with Crippen LogP contribution in [0.4, 0.5) is 0 Å². The van der Waals surface area contributed by atoms with E-state index in [-0.39, 0.29) is 5.97 Å². The van der Waals surface area contributed by atoms with Gasteiger partial charge < -0.3 is 0 Å². The molecule has 0 fully saturated rings. The molecule has 0 radical (unpaired) electrons. The first-order valence-corrected chi connectivity index (χ1v) is 18.7. The molecule has 0 spiro atoms. The van der Waals surface area contributed by atoms with Crippen molar-refractivity contribution in [3.8, 4) is 0 Å². The molecule has 0 heterocycles. The first kappa shape index (κ1) is 24.3. The van der Waals surface area contributed by atoms with Crippen molar-refractivity contribution in [2.45, 2.75) is 92.1 Å². The van der Waals surface area contributed by atoms with Gasteiger partial charge in [-0.05, 0) is 0 Å². The van der Waals surface area contributed by atoms with Gasteiger partial charge in [-0.2, -0.15) is 0 Å². The number of rotatable bonds is 15. The van der Waals surface area contributed by atoms with Crippen LogP contribution in [-0.2, 0) is 16.1 Å². The second-order valence-corrected chi connectivity index (χ2v) is 20.8. The van der Waals surface area contributed by atoms with Gasteiger partial charge in [-0.3, -0.25) is 0 Å². The van der Waals surface area contributed by atoms with Crippen molar-refractivity contribution >= 4 is 24.3 Å². The summed E-state index contributed by atoms with van der Waals surface area (Å²) < 4.78 is 12.5. The number of benzene rings is 1. The summed E-state index contributed by atoms with van der Waals surface area (Å²) in [6, 6.07) is 9.91. The third-order valence-electron chi connectivity index (χ3n) is 5.31. The summed E-state index contributed by atoms with van der Waals surface area (Å²) in [6.45, 7) is 7.31. The quantitative estimate of drug-likeness (QED) is 0.193. The molecule has 0 saturated heterocycles. The summed E-state index contributed by atoms with van der Waals surface area (Å²) in [7, 11) is 0. The Morgan fingerprint density at radius 3 is 2.00 bits per heavy atom. The maximum atomic E-state index is 12.0. The van der Waals surface area contributed by atoms with E-state index in [1.165, 1.54) is 51.8 Å². The van der Waals surface area contributed by atoms with Gasteiger partial charge in [0.05, 0.1) is 0 Å². The van der Waals surface area contributed by atoms with Crippen LogP contribution in [0.5, 0.6) is 0 Å². The van der Waals surface area contributed by atoms with Crippen LogP contribution in [0.15, 0.2) is 40.5 Å². The third kappa shape index (κ3) is 11.0. The standard InChI is InChI=1S/C12H13O2.3C4H9.Sn/c1-2-3-9-12(13)14-10-11-7-5-4-6-8-11;3*1-3-4-2;/h1-2,4-8H,3,9-10H2;3*1,3-4H2,2H3;. The van der Waals surface area contributed by atoms with Crippen LogP contribution in [0.3, 0.4) is 0 Å². The number of carbonyl (C=O) groups excluding carboxylic acids is 1. The van der Waals surface area contributed by atoms with E-state index in [9.17, 15) is 4.79 Å². The van der Waals surface area contributed by atoms with Crippen molar-refractivity contribution < 1.29 is 9.53 Å². The van der Waals surface area contributed by atoms with E-state index < -0.39 is 18.4 Å². The average Bonchev–Trinajstić information content (AvgIpc) is 2.71. The predicted molar refractivity (Wildman–Crippen MR) is 120 cm³/mol. The molecular weight excluding hydrogens is 439 g/mol. The number of carbonyl (C=O) groups is 1. The Bertz CT molecular complexity index is 503. The van der Waals surface area contributed by atoms with Gasteiger partial charge in [0, 0.05) is 0 Å². The van der Waals surface area contributed by atoms with Crippen LogP contribution in [0, 0.1) is 0 Å². The van der Waals surface area contributed by atoms with E-state index >= 15 is 0 Å². The fourth-order valence-corrected chi connectivity index (χ4v) is 18.1. The fraction of sp³-hybridized carbons (Fsp3) is 0.625. The summed E-state index contributed by atoms with van der Waals surface area (Å²) in [5, 5.41) is 0. The number of unbranched alkanes of at least 4 members (excludes halogenated alkanes) is 3. The number of ether oxygens (including phenoxy) is 1. The van der Waals surface area contributed by atoms with E-state index in [0.29, 0.717) is 13.0 Å². The van der Waals surface area contributed by atoms with Crippen molar-refractivity contribution in [2.75, 3.05) is 0 Å². The first-order valence-electron chi connectivity index (χ1n) is 11.0. The molecule has 1 aromatic rings. The molecule has 0 aliphatic heterocycles. The molecular formula is C24H40O2Sn. The topological polar surface area (TPSA) is 26.3 Å². The van der Waals surface area contributed by atoms with E-state index in [0.717, 1.165) is 12.0 Å². The molecule has 0 unspecified atom stereocenters. The summed E-state index contributed by atoms with van der Waals surface area (Å²) in [5.41, 5.74) is 1.05. The maximum absolute atomic E-state index is 12.0. The molecule has 3 heteroatoms. The van der Waals surface area contributed by atoms with Crippen molar-refractivity contribution in [3.63, 3.8) is 0 Å². The average molecular weight is 479 g/mol. The SMILES string of the molecule is CCC[CH2][Sn](/[CH]=C/CCC(=O)OCc1ccccc1)([CH2]CCC)[CH2]CCC. The summed E-state index contributed by atoms with van der Waals surface area (Å²) in [6.07, 6.45) is 11.7. The van der Waals surface area contributed by atoms with Crippen molar-refractivity contribution in [1.82, 2.24) is 0 Å². The molecule has 0 N–H and O–H groups in total. The zero-order valence-corrected chi connectivity index (χ0v) is 20.7. The van der Waals surface area contributed by atoms with Gasteiger partial charge in [-0.25, -0.2) is 0 Å². The van der Waals surface area contributed by atoms with E-state index in [1.807, 2.05) is 30.3 Å².